The number of esters is 2. The SMILES string of the molecule is COC(=O)C1=C(C)NC2=C(C(=O)[C@@H](C(=O)OC)[C@H](c3cccs3)C2)[C@H]1c1cc(OC)c(OC)c(OC)c1. The highest BCUT2D eigenvalue weighted by atomic mass is 32.1. The van der Waals surface area contributed by atoms with E-state index in [1.807, 2.05) is 17.5 Å². The molecule has 2 aliphatic rings. The first-order valence-corrected chi connectivity index (χ1v) is 12.4. The molecule has 3 atom stereocenters. The van der Waals surface area contributed by atoms with E-state index < -0.39 is 35.5 Å². The van der Waals surface area contributed by atoms with Gasteiger partial charge in [0.15, 0.2) is 17.3 Å². The normalized spacial score (nSPS) is 21.1. The molecule has 0 fully saturated rings. The molecule has 4 rings (SSSR count). The molecule has 0 saturated heterocycles. The largest absolute Gasteiger partial charge is 0.493 e. The summed E-state index contributed by atoms with van der Waals surface area (Å²) in [4.78, 5) is 41.1. The third-order valence-corrected chi connectivity index (χ3v) is 7.81. The van der Waals surface area contributed by atoms with Crippen molar-refractivity contribution in [1.82, 2.24) is 5.32 Å². The summed E-state index contributed by atoms with van der Waals surface area (Å²) in [6, 6.07) is 7.19. The van der Waals surface area contributed by atoms with Crippen molar-refractivity contribution in [1.29, 1.82) is 0 Å². The summed E-state index contributed by atoms with van der Waals surface area (Å²) in [7, 11) is 7.02. The molecule has 0 spiro atoms. The first-order valence-electron chi connectivity index (χ1n) is 11.6. The lowest BCUT2D eigenvalue weighted by Crippen LogP contribution is -2.43. The Bertz CT molecular complexity index is 1270. The molecule has 10 heteroatoms. The van der Waals surface area contributed by atoms with Crippen molar-refractivity contribution < 1.29 is 38.1 Å². The van der Waals surface area contributed by atoms with Gasteiger partial charge in [-0.1, -0.05) is 6.07 Å². The number of nitrogens with one attached hydrogen (secondary N) is 1. The summed E-state index contributed by atoms with van der Waals surface area (Å²) in [5.41, 5.74) is 2.31. The molecular weight excluding hydrogens is 498 g/mol. The van der Waals surface area contributed by atoms with Gasteiger partial charge in [-0.05, 0) is 42.5 Å². The highest BCUT2D eigenvalue weighted by Gasteiger charge is 2.49. The highest BCUT2D eigenvalue weighted by molar-refractivity contribution is 7.10. The van der Waals surface area contributed by atoms with Gasteiger partial charge in [0.05, 0.1) is 41.1 Å². The maximum atomic E-state index is 14.2. The number of hydrogen-bond acceptors (Lipinski definition) is 10. The molecule has 0 unspecified atom stereocenters. The first-order chi connectivity index (χ1) is 17.8. The number of rotatable bonds is 7. The smallest absolute Gasteiger partial charge is 0.336 e. The Kier molecular flexibility index (Phi) is 7.58. The van der Waals surface area contributed by atoms with E-state index in [9.17, 15) is 14.4 Å². The molecule has 1 aromatic carbocycles. The van der Waals surface area contributed by atoms with E-state index in [1.165, 1.54) is 46.9 Å². The van der Waals surface area contributed by atoms with Gasteiger partial charge in [0.25, 0.3) is 0 Å². The summed E-state index contributed by atoms with van der Waals surface area (Å²) in [5.74, 6) is -2.84. The fourth-order valence-electron chi connectivity index (χ4n) is 5.18. The lowest BCUT2D eigenvalue weighted by atomic mass is 9.68. The van der Waals surface area contributed by atoms with Gasteiger partial charge in [0.2, 0.25) is 5.75 Å². The molecule has 1 N–H and O–H groups in total. The molecule has 0 saturated carbocycles. The number of thiophene rings is 1. The second kappa shape index (κ2) is 10.7. The van der Waals surface area contributed by atoms with Gasteiger partial charge in [-0.15, -0.1) is 11.3 Å². The van der Waals surface area contributed by atoms with E-state index in [2.05, 4.69) is 5.32 Å². The number of benzene rings is 1. The Morgan fingerprint density at radius 1 is 1.00 bits per heavy atom. The van der Waals surface area contributed by atoms with Crippen LogP contribution in [0.25, 0.3) is 0 Å². The number of allylic oxidation sites excluding steroid dienone is 3. The zero-order valence-electron chi connectivity index (χ0n) is 21.5. The van der Waals surface area contributed by atoms with Crippen LogP contribution in [0.2, 0.25) is 0 Å². The van der Waals surface area contributed by atoms with Crippen molar-refractivity contribution in [2.45, 2.75) is 25.2 Å². The van der Waals surface area contributed by atoms with E-state index in [4.69, 9.17) is 23.7 Å². The van der Waals surface area contributed by atoms with Crippen LogP contribution in [0.15, 0.2) is 52.2 Å². The van der Waals surface area contributed by atoms with Gasteiger partial charge < -0.3 is 29.0 Å². The molecule has 1 aliphatic heterocycles. The minimum atomic E-state index is -1.06. The zero-order valence-corrected chi connectivity index (χ0v) is 22.3. The van der Waals surface area contributed by atoms with Crippen molar-refractivity contribution in [2.75, 3.05) is 35.5 Å². The molecule has 1 aromatic heterocycles. The summed E-state index contributed by atoms with van der Waals surface area (Å²) in [6.07, 6.45) is 0.383. The first kappa shape index (κ1) is 26.3. The summed E-state index contributed by atoms with van der Waals surface area (Å²) < 4.78 is 26.7. The maximum absolute atomic E-state index is 14.2. The lowest BCUT2D eigenvalue weighted by molar-refractivity contribution is -0.149. The molecular formula is C27H29NO8S. The van der Waals surface area contributed by atoms with Gasteiger partial charge in [-0.25, -0.2) is 4.79 Å². The second-order valence-electron chi connectivity index (χ2n) is 8.63. The average Bonchev–Trinajstić information content (AvgIpc) is 3.45. The summed E-state index contributed by atoms with van der Waals surface area (Å²) >= 11 is 1.48. The Labute approximate surface area is 219 Å². The number of carbonyl (C=O) groups is 3. The van der Waals surface area contributed by atoms with Crippen LogP contribution in [0.3, 0.4) is 0 Å². The number of methoxy groups -OCH3 is 5. The van der Waals surface area contributed by atoms with Crippen LogP contribution >= 0.6 is 11.3 Å². The molecule has 37 heavy (non-hydrogen) atoms. The Morgan fingerprint density at radius 2 is 1.68 bits per heavy atom. The molecule has 1 aliphatic carbocycles. The molecule has 0 bridgehead atoms. The third kappa shape index (κ3) is 4.46. The number of hydrogen-bond donors (Lipinski definition) is 1. The third-order valence-electron chi connectivity index (χ3n) is 6.81. The van der Waals surface area contributed by atoms with Crippen molar-refractivity contribution >= 4 is 29.1 Å². The lowest BCUT2D eigenvalue weighted by Gasteiger charge is -2.39. The number of ether oxygens (including phenoxy) is 5. The van der Waals surface area contributed by atoms with Gasteiger partial charge in [0.1, 0.15) is 5.92 Å². The minimum absolute atomic E-state index is 0.252. The van der Waals surface area contributed by atoms with E-state index in [-0.39, 0.29) is 5.57 Å². The number of ketones is 1. The van der Waals surface area contributed by atoms with E-state index in [1.54, 1.807) is 19.1 Å². The van der Waals surface area contributed by atoms with Crippen LogP contribution in [0.5, 0.6) is 17.2 Å². The van der Waals surface area contributed by atoms with Crippen molar-refractivity contribution in [3.63, 3.8) is 0 Å². The predicted molar refractivity (Wildman–Crippen MR) is 136 cm³/mol. The fourth-order valence-corrected chi connectivity index (χ4v) is 6.05. The van der Waals surface area contributed by atoms with Crippen molar-refractivity contribution in [3.05, 3.63) is 62.6 Å². The quantitative estimate of drug-likeness (QED) is 0.426. The van der Waals surface area contributed by atoms with E-state index in [0.29, 0.717) is 46.2 Å². The van der Waals surface area contributed by atoms with Crippen LogP contribution in [0.1, 0.15) is 35.6 Å². The van der Waals surface area contributed by atoms with Gasteiger partial charge >= 0.3 is 11.9 Å². The van der Waals surface area contributed by atoms with Crippen LogP contribution in [-0.2, 0) is 23.9 Å². The van der Waals surface area contributed by atoms with Crippen LogP contribution in [0.4, 0.5) is 0 Å². The zero-order chi connectivity index (χ0) is 26.9. The van der Waals surface area contributed by atoms with E-state index in [0.717, 1.165) is 4.88 Å². The monoisotopic (exact) mass is 527 g/mol. The molecule has 0 radical (unpaired) electrons. The topological polar surface area (TPSA) is 109 Å². The number of dihydropyridines is 1. The fraction of sp³-hybridized carbons (Fsp3) is 0.370. The molecule has 2 heterocycles. The van der Waals surface area contributed by atoms with Crippen molar-refractivity contribution in [2.24, 2.45) is 5.92 Å². The highest BCUT2D eigenvalue weighted by Crippen LogP contribution is 2.51. The predicted octanol–water partition coefficient (Wildman–Crippen LogP) is 3.71. The minimum Gasteiger partial charge on any atom is -0.493 e. The molecule has 9 nitrogen and oxygen atoms in total. The second-order valence-corrected chi connectivity index (χ2v) is 9.61. The Morgan fingerprint density at radius 3 is 2.19 bits per heavy atom. The standard InChI is InChI=1S/C27H29NO8S/c1-13-20(26(30)35-5)21(14-10-17(32-2)25(34-4)18(11-14)33-3)23-16(28-13)12-15(19-8-7-9-37-19)22(24(23)29)27(31)36-6/h7-11,15,21-22,28H,12H2,1-6H3/t15-,21-,22-/m0/s1. The Hall–Kier alpha value is -3.79. The maximum Gasteiger partial charge on any atom is 0.336 e. The summed E-state index contributed by atoms with van der Waals surface area (Å²) in [6.45, 7) is 1.76. The van der Waals surface area contributed by atoms with Crippen molar-refractivity contribution in [3.8, 4) is 17.2 Å². The van der Waals surface area contributed by atoms with Gasteiger partial charge in [-0.2, -0.15) is 0 Å². The van der Waals surface area contributed by atoms with Gasteiger partial charge in [-0.3, -0.25) is 9.59 Å². The number of Topliss-reactive ketones (excluding diaryl/α,β-unsaturated/α-hetero) is 1. The number of carbonyl (C=O) groups excluding carboxylic acids is 3. The average molecular weight is 528 g/mol. The van der Waals surface area contributed by atoms with E-state index >= 15 is 0 Å². The van der Waals surface area contributed by atoms with Crippen LogP contribution in [-0.4, -0.2) is 53.3 Å². The van der Waals surface area contributed by atoms with Gasteiger partial charge in [0, 0.05) is 33.7 Å². The van der Waals surface area contributed by atoms with Crippen LogP contribution < -0.4 is 19.5 Å². The molecule has 196 valence electrons. The molecule has 0 amide bonds. The Balaban J connectivity index is 1.97. The van der Waals surface area contributed by atoms with Crippen LogP contribution in [0, 0.1) is 5.92 Å². The molecule has 2 aromatic rings. The summed E-state index contributed by atoms with van der Waals surface area (Å²) in [5, 5.41) is 5.17.